The Morgan fingerprint density at radius 2 is 2.08 bits per heavy atom. The molecule has 0 unspecified atom stereocenters. The van der Waals surface area contributed by atoms with Gasteiger partial charge in [0.2, 0.25) is 5.95 Å². The summed E-state index contributed by atoms with van der Waals surface area (Å²) in [5.74, 6) is -0.383. The highest BCUT2D eigenvalue weighted by Crippen LogP contribution is 2.23. The second kappa shape index (κ2) is 7.72. The number of hydrogen-bond acceptors (Lipinski definition) is 7. The van der Waals surface area contributed by atoms with Crippen molar-refractivity contribution in [2.45, 2.75) is 0 Å². The number of anilines is 3. The van der Waals surface area contributed by atoms with E-state index in [2.05, 4.69) is 31.7 Å². The monoisotopic (exact) mass is 346 g/mol. The molecule has 0 radical (unpaired) electrons. The van der Waals surface area contributed by atoms with E-state index in [-0.39, 0.29) is 12.5 Å². The van der Waals surface area contributed by atoms with Gasteiger partial charge < -0.3 is 15.7 Å². The number of aliphatic carboxylic acids is 1. The number of nitriles is 1. The maximum absolute atomic E-state index is 10.8. The van der Waals surface area contributed by atoms with E-state index in [1.807, 2.05) is 6.07 Å². The summed E-state index contributed by atoms with van der Waals surface area (Å²) in [5, 5.41) is 23.6. The van der Waals surface area contributed by atoms with E-state index in [4.69, 9.17) is 10.4 Å². The second-order valence-corrected chi connectivity index (χ2v) is 5.27. The quantitative estimate of drug-likeness (QED) is 0.622. The van der Waals surface area contributed by atoms with Crippen molar-refractivity contribution in [1.82, 2.24) is 15.0 Å². The van der Waals surface area contributed by atoms with Gasteiger partial charge >= 0.3 is 5.97 Å². The zero-order valence-electron chi connectivity index (χ0n) is 13.5. The molecule has 0 bridgehead atoms. The summed E-state index contributed by atoms with van der Waals surface area (Å²) in [5.41, 5.74) is 2.55. The largest absolute Gasteiger partial charge is 0.480 e. The van der Waals surface area contributed by atoms with Crippen LogP contribution in [0.5, 0.6) is 0 Å². The maximum atomic E-state index is 10.8. The molecule has 1 aromatic carbocycles. The summed E-state index contributed by atoms with van der Waals surface area (Å²) in [6.45, 7) is -0.306. The maximum Gasteiger partial charge on any atom is 0.322 e. The van der Waals surface area contributed by atoms with Crippen LogP contribution in [0.3, 0.4) is 0 Å². The summed E-state index contributed by atoms with van der Waals surface area (Å²) < 4.78 is 0. The van der Waals surface area contributed by atoms with Crippen LogP contribution in [0.2, 0.25) is 0 Å². The van der Waals surface area contributed by atoms with Gasteiger partial charge in [-0.2, -0.15) is 10.2 Å². The van der Waals surface area contributed by atoms with Crippen LogP contribution in [0, 0.1) is 11.3 Å². The summed E-state index contributed by atoms with van der Waals surface area (Å²) in [7, 11) is 0. The van der Waals surface area contributed by atoms with Crippen LogP contribution in [0.15, 0.2) is 54.9 Å². The second-order valence-electron chi connectivity index (χ2n) is 5.27. The third kappa shape index (κ3) is 4.30. The number of benzene rings is 1. The highest BCUT2D eigenvalue weighted by atomic mass is 16.4. The summed E-state index contributed by atoms with van der Waals surface area (Å²) in [6.07, 6.45) is 3.31. The molecule has 2 aromatic heterocycles. The Morgan fingerprint density at radius 1 is 1.19 bits per heavy atom. The smallest absolute Gasteiger partial charge is 0.322 e. The van der Waals surface area contributed by atoms with Crippen LogP contribution in [0.4, 0.5) is 17.5 Å². The third-order valence-corrected chi connectivity index (χ3v) is 3.35. The molecule has 8 nitrogen and oxygen atoms in total. The van der Waals surface area contributed by atoms with E-state index in [1.54, 1.807) is 48.8 Å². The predicted octanol–water partition coefficient (Wildman–Crippen LogP) is 2.65. The van der Waals surface area contributed by atoms with E-state index < -0.39 is 5.97 Å². The molecule has 128 valence electrons. The van der Waals surface area contributed by atoms with E-state index in [0.29, 0.717) is 22.8 Å². The topological polar surface area (TPSA) is 124 Å². The fraction of sp³-hybridized carbons (Fsp3) is 0.0556. The first-order chi connectivity index (χ1) is 12.6. The lowest BCUT2D eigenvalue weighted by molar-refractivity contribution is -0.134. The van der Waals surface area contributed by atoms with Gasteiger partial charge in [-0.25, -0.2) is 4.98 Å². The van der Waals surface area contributed by atoms with Crippen molar-refractivity contribution in [3.8, 4) is 17.3 Å². The van der Waals surface area contributed by atoms with E-state index in [1.165, 1.54) is 0 Å². The molecule has 0 fully saturated rings. The van der Waals surface area contributed by atoms with Crippen LogP contribution in [-0.4, -0.2) is 32.6 Å². The molecule has 0 amide bonds. The van der Waals surface area contributed by atoms with E-state index >= 15 is 0 Å². The Kier molecular flexibility index (Phi) is 5.00. The average Bonchev–Trinajstić information content (AvgIpc) is 2.67. The fourth-order valence-electron chi connectivity index (χ4n) is 2.22. The summed E-state index contributed by atoms with van der Waals surface area (Å²) >= 11 is 0. The van der Waals surface area contributed by atoms with Gasteiger partial charge in [0, 0.05) is 29.7 Å². The van der Waals surface area contributed by atoms with Gasteiger partial charge in [0.15, 0.2) is 0 Å². The fourth-order valence-corrected chi connectivity index (χ4v) is 2.22. The van der Waals surface area contributed by atoms with Crippen LogP contribution in [-0.2, 0) is 4.79 Å². The van der Waals surface area contributed by atoms with Crippen LogP contribution in [0.25, 0.3) is 11.3 Å². The molecule has 0 aliphatic carbocycles. The normalized spacial score (nSPS) is 9.96. The number of rotatable bonds is 6. The van der Waals surface area contributed by atoms with Crippen molar-refractivity contribution in [3.05, 3.63) is 60.4 Å². The molecule has 0 atom stereocenters. The first-order valence-corrected chi connectivity index (χ1v) is 7.66. The first kappa shape index (κ1) is 16.9. The van der Waals surface area contributed by atoms with Gasteiger partial charge in [-0.15, -0.1) is 0 Å². The van der Waals surface area contributed by atoms with Crippen LogP contribution < -0.4 is 10.6 Å². The minimum Gasteiger partial charge on any atom is -0.480 e. The minimum atomic E-state index is -1.02. The van der Waals surface area contributed by atoms with E-state index in [0.717, 1.165) is 5.56 Å². The zero-order chi connectivity index (χ0) is 18.4. The molecule has 26 heavy (non-hydrogen) atoms. The Balaban J connectivity index is 1.96. The zero-order valence-corrected chi connectivity index (χ0v) is 13.5. The number of carbonyl (C=O) groups is 1. The molecule has 2 heterocycles. The van der Waals surface area contributed by atoms with E-state index in [9.17, 15) is 4.79 Å². The van der Waals surface area contributed by atoms with Gasteiger partial charge in [0.25, 0.3) is 0 Å². The lowest BCUT2D eigenvalue weighted by atomic mass is 10.2. The minimum absolute atomic E-state index is 0.174. The van der Waals surface area contributed by atoms with Gasteiger partial charge in [0.1, 0.15) is 12.4 Å². The van der Waals surface area contributed by atoms with Crippen molar-refractivity contribution in [1.29, 1.82) is 5.26 Å². The number of carboxylic acids is 1. The lowest BCUT2D eigenvalue weighted by Gasteiger charge is -2.11. The highest BCUT2D eigenvalue weighted by Gasteiger charge is 2.09. The summed E-state index contributed by atoms with van der Waals surface area (Å²) in [6, 6.07) is 14.4. The van der Waals surface area contributed by atoms with Crippen LogP contribution in [0.1, 0.15) is 5.56 Å². The number of carboxylic acid groups (broad SMARTS) is 1. The average molecular weight is 346 g/mol. The molecule has 3 aromatic rings. The predicted molar refractivity (Wildman–Crippen MR) is 95.8 cm³/mol. The van der Waals surface area contributed by atoms with Crippen molar-refractivity contribution < 1.29 is 9.90 Å². The van der Waals surface area contributed by atoms with Crippen molar-refractivity contribution >= 4 is 23.4 Å². The van der Waals surface area contributed by atoms with Gasteiger partial charge in [0.05, 0.1) is 17.3 Å². The first-order valence-electron chi connectivity index (χ1n) is 7.66. The lowest BCUT2D eigenvalue weighted by Crippen LogP contribution is -2.15. The third-order valence-electron chi connectivity index (χ3n) is 3.35. The Bertz CT molecular complexity index is 969. The molecule has 0 aliphatic heterocycles. The molecule has 0 spiro atoms. The number of nitrogens with zero attached hydrogens (tertiary/aromatic N) is 4. The van der Waals surface area contributed by atoms with Gasteiger partial charge in [-0.05, 0) is 30.3 Å². The SMILES string of the molecule is N#Cc1cccc(Nc2cc(-c3cccnc3)nc(NCC(=O)O)n2)c1. The molecule has 0 aliphatic rings. The number of nitrogens with one attached hydrogen (secondary N) is 2. The summed E-state index contributed by atoms with van der Waals surface area (Å²) in [4.78, 5) is 23.5. The molecule has 3 N–H and O–H groups in total. The van der Waals surface area contributed by atoms with Gasteiger partial charge in [-0.3, -0.25) is 9.78 Å². The standard InChI is InChI=1S/C18H14N6O2/c19-9-12-3-1-5-14(7-12)22-16-8-15(13-4-2-6-20-10-13)23-18(24-16)21-11-17(25)26/h1-8,10H,11H2,(H,25,26)(H2,21,22,23,24). The number of aromatic nitrogens is 3. The molecule has 8 heteroatoms. The Labute approximate surface area is 149 Å². The Morgan fingerprint density at radius 3 is 2.81 bits per heavy atom. The molecular weight excluding hydrogens is 332 g/mol. The van der Waals surface area contributed by atoms with Crippen molar-refractivity contribution in [3.63, 3.8) is 0 Å². The number of pyridine rings is 1. The molecular formula is C18H14N6O2. The molecule has 0 saturated heterocycles. The van der Waals surface area contributed by atoms with Crippen molar-refractivity contribution in [2.24, 2.45) is 0 Å². The van der Waals surface area contributed by atoms with Gasteiger partial charge in [-0.1, -0.05) is 6.07 Å². The highest BCUT2D eigenvalue weighted by molar-refractivity contribution is 5.73. The van der Waals surface area contributed by atoms with Crippen molar-refractivity contribution in [2.75, 3.05) is 17.2 Å². The molecule has 0 saturated carbocycles. The van der Waals surface area contributed by atoms with Crippen LogP contribution >= 0.6 is 0 Å². The Hall–Kier alpha value is -3.99. The molecule has 3 rings (SSSR count). The number of hydrogen-bond donors (Lipinski definition) is 3.